The number of ether oxygens (including phenoxy) is 9. The summed E-state index contributed by atoms with van der Waals surface area (Å²) in [5.74, 6) is -4.74. The minimum Gasteiger partial charge on any atom is -0.463 e. The summed E-state index contributed by atoms with van der Waals surface area (Å²) < 4.78 is 52.2. The average molecular weight is 1160 g/mol. The van der Waals surface area contributed by atoms with Gasteiger partial charge in [0.15, 0.2) is 17.1 Å². The first-order valence-corrected chi connectivity index (χ1v) is 30.8. The Labute approximate surface area is 485 Å². The van der Waals surface area contributed by atoms with E-state index in [0.29, 0.717) is 98.7 Å². The van der Waals surface area contributed by atoms with E-state index in [0.717, 1.165) is 138 Å². The molecule has 0 atom stereocenters. The maximum Gasteiger partial charge on any atom is 0.350 e. The first kappa shape index (κ1) is 64.5. The summed E-state index contributed by atoms with van der Waals surface area (Å²) in [6.07, 6.45) is 21.9. The van der Waals surface area contributed by atoms with Crippen LogP contribution in [0.4, 0.5) is 0 Å². The highest BCUT2D eigenvalue weighted by Crippen LogP contribution is 2.62. The molecule has 19 heteroatoms. The van der Waals surface area contributed by atoms with Crippen molar-refractivity contribution in [1.82, 2.24) is 0 Å². The van der Waals surface area contributed by atoms with Crippen molar-refractivity contribution in [3.63, 3.8) is 0 Å². The van der Waals surface area contributed by atoms with Gasteiger partial charge in [-0.15, -0.1) is 0 Å². The second-order valence-electron chi connectivity index (χ2n) is 21.2. The van der Waals surface area contributed by atoms with Crippen molar-refractivity contribution in [2.75, 3.05) is 33.0 Å². The molecule has 0 radical (unpaired) electrons. The van der Waals surface area contributed by atoms with Crippen LogP contribution in [-0.2, 0) is 66.7 Å². The molecule has 1 heterocycles. The molecule has 1 aromatic carbocycles. The summed E-state index contributed by atoms with van der Waals surface area (Å²) in [5.41, 5.74) is 0.393. The topological polar surface area (TPSA) is 226 Å². The lowest BCUT2D eigenvalue weighted by molar-refractivity contribution is -0.160. The van der Waals surface area contributed by atoms with Crippen LogP contribution < -0.4 is 9.47 Å². The molecule has 17 nitrogen and oxygen atoms in total. The van der Waals surface area contributed by atoms with Gasteiger partial charge in [0.1, 0.15) is 18.3 Å². The molecule has 4 fully saturated rings. The third-order valence-electron chi connectivity index (χ3n) is 15.6. The second kappa shape index (κ2) is 34.1. The molecule has 1 aromatic rings. The van der Waals surface area contributed by atoms with Crippen molar-refractivity contribution in [1.29, 1.82) is 5.26 Å². The van der Waals surface area contributed by atoms with Gasteiger partial charge in [-0.2, -0.15) is 5.26 Å². The van der Waals surface area contributed by atoms with E-state index in [1.165, 1.54) is 12.2 Å². The number of fused-ring (bicyclic) bond motifs is 1. The number of rotatable bonds is 30. The monoisotopic (exact) mass is 1160 g/mol. The number of unbranched alkanes of at least 4 members (excludes halogenated alkanes) is 6. The van der Waals surface area contributed by atoms with Crippen LogP contribution in [0.3, 0.4) is 0 Å². The Kier molecular flexibility index (Phi) is 27.1. The van der Waals surface area contributed by atoms with Crippen molar-refractivity contribution in [2.24, 2.45) is 23.7 Å². The molecule has 81 heavy (non-hydrogen) atoms. The van der Waals surface area contributed by atoms with Crippen LogP contribution >= 0.6 is 23.5 Å². The molecule has 5 aliphatic rings. The zero-order valence-electron chi connectivity index (χ0n) is 47.1. The van der Waals surface area contributed by atoms with E-state index >= 15 is 0 Å². The second-order valence-corrected chi connectivity index (χ2v) is 23.5. The zero-order valence-corrected chi connectivity index (χ0v) is 48.7. The van der Waals surface area contributed by atoms with E-state index < -0.39 is 41.7 Å². The zero-order chi connectivity index (χ0) is 58.1. The predicted octanol–water partition coefficient (Wildman–Crippen LogP) is 12.2. The molecule has 4 aliphatic carbocycles. The van der Waals surface area contributed by atoms with E-state index in [1.54, 1.807) is 6.92 Å². The molecular formula is C62H81NO16S2. The molecule has 442 valence electrons. The molecule has 4 saturated carbocycles. The SMILES string of the molecule is C=CC(=O)OCCCCCCOC1CCC(OC(=O)C2CCC(C(=O)Oc3c(C=C)c(C=C)c(OC(=O)C4CCC(C(=O)OC5CCC(OCCCCCCOC(=O)C=C)CC5)CC4)c4c3SC(=C(C#N)C(=O)OCC)S4)CC2)CC1. The smallest absolute Gasteiger partial charge is 0.350 e. The normalized spacial score (nSPS) is 23.2. The van der Waals surface area contributed by atoms with E-state index in [2.05, 4.69) is 26.3 Å². The van der Waals surface area contributed by atoms with E-state index in [9.17, 15) is 38.8 Å². The minimum atomic E-state index is -0.829. The molecule has 0 amide bonds. The van der Waals surface area contributed by atoms with Gasteiger partial charge in [-0.3, -0.25) is 19.2 Å². The molecule has 0 unspecified atom stereocenters. The van der Waals surface area contributed by atoms with Crippen LogP contribution in [-0.4, -0.2) is 99.2 Å². The van der Waals surface area contributed by atoms with Crippen molar-refractivity contribution in [2.45, 2.75) is 195 Å². The fraction of sp³-hybridized carbons (Fsp3) is 0.613. The Balaban J connectivity index is 0.992. The largest absolute Gasteiger partial charge is 0.463 e. The highest BCUT2D eigenvalue weighted by atomic mass is 32.2. The number of esters is 7. The number of thioether (sulfide) groups is 2. The summed E-state index contributed by atoms with van der Waals surface area (Å²) in [4.78, 5) is 91.2. The Bertz CT molecular complexity index is 2320. The highest BCUT2D eigenvalue weighted by Gasteiger charge is 2.40. The Hall–Kier alpha value is -5.68. The lowest BCUT2D eigenvalue weighted by atomic mass is 9.82. The lowest BCUT2D eigenvalue weighted by Crippen LogP contribution is -2.33. The first-order valence-electron chi connectivity index (χ1n) is 29.1. The number of hydrogen-bond donors (Lipinski definition) is 0. The Morgan fingerprint density at radius 3 is 1.16 bits per heavy atom. The molecule has 0 saturated heterocycles. The maximum absolute atomic E-state index is 14.2. The van der Waals surface area contributed by atoms with Gasteiger partial charge in [0.25, 0.3) is 0 Å². The van der Waals surface area contributed by atoms with Gasteiger partial charge in [0.2, 0.25) is 0 Å². The molecule has 0 N–H and O–H groups in total. The molecule has 0 bridgehead atoms. The Morgan fingerprint density at radius 2 is 0.827 bits per heavy atom. The number of hydrogen-bond acceptors (Lipinski definition) is 19. The molecule has 6 rings (SSSR count). The summed E-state index contributed by atoms with van der Waals surface area (Å²) in [6, 6.07) is 1.96. The third-order valence-corrected chi connectivity index (χ3v) is 18.2. The van der Waals surface area contributed by atoms with Crippen LogP contribution in [0.5, 0.6) is 11.5 Å². The van der Waals surface area contributed by atoms with Crippen molar-refractivity contribution < 1.29 is 76.2 Å². The average Bonchev–Trinajstić information content (AvgIpc) is 4.17. The van der Waals surface area contributed by atoms with Crippen LogP contribution in [0.1, 0.15) is 172 Å². The molecular weight excluding hydrogens is 1080 g/mol. The Morgan fingerprint density at radius 1 is 0.481 bits per heavy atom. The number of carbonyl (C=O) groups excluding carboxylic acids is 7. The van der Waals surface area contributed by atoms with Gasteiger partial charge in [0, 0.05) is 36.5 Å². The number of nitriles is 1. The first-order chi connectivity index (χ1) is 39.3. The summed E-state index contributed by atoms with van der Waals surface area (Å²) in [5, 5.41) is 10.2. The maximum atomic E-state index is 14.2. The minimum absolute atomic E-state index is 0.0329. The number of benzene rings is 1. The molecule has 0 aromatic heterocycles. The molecule has 1 aliphatic heterocycles. The third kappa shape index (κ3) is 19.5. The van der Waals surface area contributed by atoms with Crippen molar-refractivity contribution in [3.05, 3.63) is 59.4 Å². The summed E-state index contributed by atoms with van der Waals surface area (Å²) in [6.45, 7) is 18.6. The van der Waals surface area contributed by atoms with Gasteiger partial charge >= 0.3 is 41.8 Å². The van der Waals surface area contributed by atoms with Crippen LogP contribution in [0, 0.1) is 35.0 Å². The standard InChI is InChI=1S/C62H81NO16S2/c1-6-48-49(7-2)54(79-60(69)43-25-21-41(22-26-43)58(67)77-47-33-29-45(30-34-47)73-36-16-12-14-18-38-75-52(65)9-4)56-55(80-62(81-56)50(39-63)61(70)71-10-5)53(48)78-59(68)42-23-19-40(20-24-42)57(66)76-46-31-27-44(28-32-46)72-35-15-11-13-17-37-74-51(64)8-3/h6-9,40-47H,1-4,10-38H2,5H3. The van der Waals surface area contributed by atoms with E-state index in [4.69, 9.17) is 42.6 Å². The van der Waals surface area contributed by atoms with Gasteiger partial charge in [-0.25, -0.2) is 14.4 Å². The fourth-order valence-electron chi connectivity index (χ4n) is 10.9. The van der Waals surface area contributed by atoms with Gasteiger partial charge in [-0.1, -0.05) is 74.8 Å². The quantitative estimate of drug-likeness (QED) is 0.0174. The number of carbonyl (C=O) groups is 7. The van der Waals surface area contributed by atoms with Crippen molar-refractivity contribution >= 4 is 77.5 Å². The number of nitrogens with zero attached hydrogens (tertiary/aromatic N) is 1. The fourth-order valence-corrected chi connectivity index (χ4v) is 13.5. The summed E-state index contributed by atoms with van der Waals surface area (Å²) >= 11 is 2.06. The van der Waals surface area contributed by atoms with E-state index in [-0.39, 0.29) is 76.1 Å². The predicted molar refractivity (Wildman–Crippen MR) is 305 cm³/mol. The van der Waals surface area contributed by atoms with Gasteiger partial charge < -0.3 is 42.6 Å². The highest BCUT2D eigenvalue weighted by molar-refractivity contribution is 8.24. The van der Waals surface area contributed by atoms with E-state index in [1.807, 2.05) is 6.07 Å². The van der Waals surface area contributed by atoms with Crippen LogP contribution in [0.25, 0.3) is 12.2 Å². The van der Waals surface area contributed by atoms with Gasteiger partial charge in [0.05, 0.1) is 69.7 Å². The van der Waals surface area contributed by atoms with Crippen LogP contribution in [0.15, 0.2) is 58.1 Å². The lowest BCUT2D eigenvalue weighted by Gasteiger charge is -2.31. The molecule has 0 spiro atoms. The van der Waals surface area contributed by atoms with Crippen LogP contribution in [0.2, 0.25) is 0 Å². The summed E-state index contributed by atoms with van der Waals surface area (Å²) in [7, 11) is 0. The van der Waals surface area contributed by atoms with Gasteiger partial charge in [-0.05, 0) is 148 Å². The van der Waals surface area contributed by atoms with Crippen molar-refractivity contribution in [3.8, 4) is 17.6 Å².